The zero-order valence-corrected chi connectivity index (χ0v) is 11.1. The van der Waals surface area contributed by atoms with Crippen molar-refractivity contribution in [2.75, 3.05) is 0 Å². The first-order valence-electron chi connectivity index (χ1n) is 5.86. The van der Waals surface area contributed by atoms with Crippen molar-refractivity contribution in [3.8, 4) is 6.07 Å². The average Bonchev–Trinajstić information content (AvgIpc) is 2.94. The lowest BCUT2D eigenvalue weighted by Crippen LogP contribution is -1.98. The van der Waals surface area contributed by atoms with Gasteiger partial charge in [0.05, 0.1) is 23.1 Å². The van der Waals surface area contributed by atoms with Gasteiger partial charge in [0.1, 0.15) is 17.6 Å². The molecule has 3 aromatic rings. The Morgan fingerprint density at radius 1 is 1.37 bits per heavy atom. The van der Waals surface area contributed by atoms with E-state index in [1.54, 1.807) is 6.07 Å². The number of rotatable bonds is 2. The van der Waals surface area contributed by atoms with Gasteiger partial charge in [-0.2, -0.15) is 5.26 Å². The van der Waals surface area contributed by atoms with Gasteiger partial charge in [0.25, 0.3) is 0 Å². The van der Waals surface area contributed by atoms with Gasteiger partial charge >= 0.3 is 0 Å². The van der Waals surface area contributed by atoms with Gasteiger partial charge in [-0.1, -0.05) is 6.07 Å². The summed E-state index contributed by atoms with van der Waals surface area (Å²) in [6, 6.07) is 11.6. The summed E-state index contributed by atoms with van der Waals surface area (Å²) in [6.07, 6.45) is 0. The summed E-state index contributed by atoms with van der Waals surface area (Å²) in [7, 11) is 0. The predicted octanol–water partition coefficient (Wildman–Crippen LogP) is 3.52. The minimum Gasteiger partial charge on any atom is -0.464 e. The van der Waals surface area contributed by atoms with E-state index in [1.165, 1.54) is 0 Å². The van der Waals surface area contributed by atoms with Crippen LogP contribution in [0.2, 0.25) is 0 Å². The lowest BCUT2D eigenvalue weighted by Gasteiger charge is -2.02. The summed E-state index contributed by atoms with van der Waals surface area (Å²) in [4.78, 5) is 3.09. The maximum absolute atomic E-state index is 9.10. The van der Waals surface area contributed by atoms with Gasteiger partial charge < -0.3 is 14.0 Å². The summed E-state index contributed by atoms with van der Waals surface area (Å²) in [5, 5.41) is 9.10. The van der Waals surface area contributed by atoms with E-state index in [0.29, 0.717) is 16.9 Å². The molecule has 0 unspecified atom stereocenters. The van der Waals surface area contributed by atoms with Crippen molar-refractivity contribution < 1.29 is 4.42 Å². The molecule has 0 fully saturated rings. The van der Waals surface area contributed by atoms with Gasteiger partial charge in [0, 0.05) is 0 Å². The molecule has 0 atom stereocenters. The van der Waals surface area contributed by atoms with Crippen LogP contribution in [0.25, 0.3) is 11.0 Å². The van der Waals surface area contributed by atoms with Gasteiger partial charge in [0.2, 0.25) is 0 Å². The first kappa shape index (κ1) is 11.8. The predicted molar refractivity (Wildman–Crippen MR) is 74.4 cm³/mol. The second kappa shape index (κ2) is 4.41. The minimum absolute atomic E-state index is 0.557. The number of fused-ring (bicyclic) bond motifs is 1. The van der Waals surface area contributed by atoms with Crippen molar-refractivity contribution in [3.63, 3.8) is 0 Å². The molecule has 0 aliphatic heterocycles. The van der Waals surface area contributed by atoms with Crippen molar-refractivity contribution in [3.05, 3.63) is 52.2 Å². The number of para-hydroxylation sites is 1. The molecular formula is C14H11N3OS. The standard InChI is InChI=1S/C14H11N3OS/c1-9-5-6-11(18-9)8-17-12-4-2-3-10(7-15)13(12)16-14(17)19/h2-6H,8H2,1H3,(H,16,19). The smallest absolute Gasteiger partial charge is 0.178 e. The van der Waals surface area contributed by atoms with E-state index >= 15 is 0 Å². The van der Waals surface area contributed by atoms with Gasteiger partial charge in [-0.25, -0.2) is 0 Å². The van der Waals surface area contributed by atoms with E-state index < -0.39 is 0 Å². The largest absolute Gasteiger partial charge is 0.464 e. The van der Waals surface area contributed by atoms with Crippen LogP contribution in [0.5, 0.6) is 0 Å². The molecule has 2 heterocycles. The second-order valence-electron chi connectivity index (χ2n) is 4.34. The highest BCUT2D eigenvalue weighted by Crippen LogP contribution is 2.19. The van der Waals surface area contributed by atoms with Crippen LogP contribution < -0.4 is 0 Å². The fourth-order valence-electron chi connectivity index (χ4n) is 2.16. The first-order valence-corrected chi connectivity index (χ1v) is 6.27. The number of nitrogens with one attached hydrogen (secondary N) is 1. The molecule has 0 bridgehead atoms. The normalized spacial score (nSPS) is 10.7. The van der Waals surface area contributed by atoms with Crippen LogP contribution in [0.3, 0.4) is 0 Å². The van der Waals surface area contributed by atoms with E-state index in [4.69, 9.17) is 21.9 Å². The number of aromatic amines is 1. The van der Waals surface area contributed by atoms with Gasteiger partial charge in [-0.15, -0.1) is 0 Å². The van der Waals surface area contributed by atoms with E-state index in [-0.39, 0.29) is 0 Å². The summed E-state index contributed by atoms with van der Waals surface area (Å²) in [6.45, 7) is 2.47. The molecule has 2 aromatic heterocycles. The highest BCUT2D eigenvalue weighted by molar-refractivity contribution is 7.71. The van der Waals surface area contributed by atoms with E-state index in [9.17, 15) is 0 Å². The maximum atomic E-state index is 9.10. The molecule has 19 heavy (non-hydrogen) atoms. The summed E-state index contributed by atoms with van der Waals surface area (Å²) < 4.78 is 8.10. The third kappa shape index (κ3) is 1.96. The van der Waals surface area contributed by atoms with E-state index in [1.807, 2.05) is 35.8 Å². The summed E-state index contributed by atoms with van der Waals surface area (Å²) in [5.74, 6) is 1.72. The molecular weight excluding hydrogens is 258 g/mol. The fourth-order valence-corrected chi connectivity index (χ4v) is 2.42. The molecule has 0 radical (unpaired) electrons. The lowest BCUT2D eigenvalue weighted by atomic mass is 10.2. The average molecular weight is 269 g/mol. The number of aromatic nitrogens is 2. The first-order chi connectivity index (χ1) is 9.19. The minimum atomic E-state index is 0.557. The van der Waals surface area contributed by atoms with Crippen molar-refractivity contribution in [2.45, 2.75) is 13.5 Å². The molecule has 0 amide bonds. The van der Waals surface area contributed by atoms with Crippen LogP contribution in [0, 0.1) is 23.0 Å². The fraction of sp³-hybridized carbons (Fsp3) is 0.143. The topological polar surface area (TPSA) is 57.6 Å². The Balaban J connectivity index is 2.17. The Hall–Kier alpha value is -2.32. The van der Waals surface area contributed by atoms with Crippen molar-refractivity contribution in [1.29, 1.82) is 5.26 Å². The van der Waals surface area contributed by atoms with E-state index in [0.717, 1.165) is 22.6 Å². The Labute approximate surface area is 114 Å². The van der Waals surface area contributed by atoms with Crippen LogP contribution in [-0.4, -0.2) is 9.55 Å². The number of aryl methyl sites for hydroxylation is 1. The second-order valence-corrected chi connectivity index (χ2v) is 4.73. The molecule has 1 aromatic carbocycles. The Morgan fingerprint density at radius 3 is 2.89 bits per heavy atom. The molecule has 94 valence electrons. The zero-order valence-electron chi connectivity index (χ0n) is 10.3. The lowest BCUT2D eigenvalue weighted by molar-refractivity contribution is 0.471. The maximum Gasteiger partial charge on any atom is 0.178 e. The van der Waals surface area contributed by atoms with Crippen LogP contribution >= 0.6 is 12.2 Å². The Morgan fingerprint density at radius 2 is 2.21 bits per heavy atom. The number of hydrogen-bond donors (Lipinski definition) is 1. The number of benzene rings is 1. The summed E-state index contributed by atoms with van der Waals surface area (Å²) in [5.41, 5.74) is 2.29. The molecule has 0 saturated carbocycles. The van der Waals surface area contributed by atoms with Crippen LogP contribution in [0.15, 0.2) is 34.7 Å². The third-order valence-electron chi connectivity index (χ3n) is 3.04. The number of imidazole rings is 1. The quantitative estimate of drug-likeness (QED) is 0.724. The van der Waals surface area contributed by atoms with Crippen LogP contribution in [0.1, 0.15) is 17.1 Å². The van der Waals surface area contributed by atoms with Crippen molar-refractivity contribution in [1.82, 2.24) is 9.55 Å². The molecule has 0 saturated heterocycles. The highest BCUT2D eigenvalue weighted by atomic mass is 32.1. The molecule has 0 spiro atoms. The van der Waals surface area contributed by atoms with Gasteiger partial charge in [0.15, 0.2) is 4.77 Å². The number of hydrogen-bond acceptors (Lipinski definition) is 3. The number of furan rings is 1. The van der Waals surface area contributed by atoms with Crippen LogP contribution in [-0.2, 0) is 6.54 Å². The molecule has 4 nitrogen and oxygen atoms in total. The van der Waals surface area contributed by atoms with Gasteiger partial charge in [-0.3, -0.25) is 0 Å². The Bertz CT molecular complexity index is 848. The van der Waals surface area contributed by atoms with Crippen LogP contribution in [0.4, 0.5) is 0 Å². The molecule has 0 aliphatic carbocycles. The monoisotopic (exact) mass is 269 g/mol. The van der Waals surface area contributed by atoms with E-state index in [2.05, 4.69) is 11.1 Å². The molecule has 0 aliphatic rings. The van der Waals surface area contributed by atoms with Crippen molar-refractivity contribution >= 4 is 23.3 Å². The number of nitrogens with zero attached hydrogens (tertiary/aromatic N) is 2. The highest BCUT2D eigenvalue weighted by Gasteiger charge is 2.09. The number of nitriles is 1. The summed E-state index contributed by atoms with van der Waals surface area (Å²) >= 11 is 5.32. The third-order valence-corrected chi connectivity index (χ3v) is 3.36. The molecule has 1 N–H and O–H groups in total. The molecule has 3 rings (SSSR count). The SMILES string of the molecule is Cc1ccc(Cn2c(=S)[nH]c3c(C#N)cccc32)o1. The van der Waals surface area contributed by atoms with Gasteiger partial charge in [-0.05, 0) is 43.4 Å². The Kier molecular flexibility index (Phi) is 2.73. The van der Waals surface area contributed by atoms with Crippen molar-refractivity contribution in [2.24, 2.45) is 0 Å². The zero-order chi connectivity index (χ0) is 13.4. The number of H-pyrrole nitrogens is 1. The molecule has 5 heteroatoms.